The molecule has 0 bridgehead atoms. The van der Waals surface area contributed by atoms with E-state index in [4.69, 9.17) is 0 Å². The van der Waals surface area contributed by atoms with E-state index in [0.717, 1.165) is 4.90 Å². The number of nitrogens with one attached hydrogen (secondary N) is 2. The quantitative estimate of drug-likeness (QED) is 0.577. The molecule has 0 saturated carbocycles. The highest BCUT2D eigenvalue weighted by atomic mass is 16.2. The number of rotatable bonds is 1. The molecule has 0 aromatic carbocycles. The topological polar surface area (TPSA) is 99.3 Å². The van der Waals surface area contributed by atoms with Gasteiger partial charge in [-0.2, -0.15) is 0 Å². The van der Waals surface area contributed by atoms with Crippen LogP contribution in [0, 0.1) is 0 Å². The molecular weight excluding hydrogens is 226 g/mol. The fraction of sp³-hybridized carbons (Fsp3) is 0.200. The molecule has 0 radical (unpaired) electrons. The van der Waals surface area contributed by atoms with E-state index in [-0.39, 0.29) is 24.2 Å². The average molecular weight is 235 g/mol. The first-order valence-electron chi connectivity index (χ1n) is 4.87. The molecule has 3 amide bonds. The summed E-state index contributed by atoms with van der Waals surface area (Å²) in [5.74, 6) is -1.50. The largest absolute Gasteiger partial charge is 0.328 e. The molecule has 1 fully saturated rings. The van der Waals surface area contributed by atoms with Crippen LogP contribution in [0.1, 0.15) is 10.4 Å². The third-order valence-electron chi connectivity index (χ3n) is 2.27. The number of carbonyl (C=O) groups is 3. The van der Waals surface area contributed by atoms with E-state index in [2.05, 4.69) is 10.3 Å². The van der Waals surface area contributed by atoms with Gasteiger partial charge in [0.25, 0.3) is 5.91 Å². The highest BCUT2D eigenvalue weighted by Gasteiger charge is 2.26. The molecule has 17 heavy (non-hydrogen) atoms. The summed E-state index contributed by atoms with van der Waals surface area (Å²) in [5.41, 5.74) is -0.0962. The number of nitrogens with zero attached hydrogens (tertiary/aromatic N) is 1. The fourth-order valence-electron chi connectivity index (χ4n) is 1.51. The number of hydrogen-bond donors (Lipinski definition) is 2. The Bertz CT molecular complexity index is 512. The van der Waals surface area contributed by atoms with Gasteiger partial charge in [0.05, 0.1) is 5.56 Å². The lowest BCUT2D eigenvalue weighted by atomic mass is 10.2. The zero-order chi connectivity index (χ0) is 12.4. The van der Waals surface area contributed by atoms with Crippen molar-refractivity contribution in [3.63, 3.8) is 0 Å². The minimum absolute atomic E-state index is 0.163. The molecule has 0 spiro atoms. The molecule has 1 aromatic heterocycles. The maximum absolute atomic E-state index is 11.9. The molecule has 1 saturated heterocycles. The van der Waals surface area contributed by atoms with Crippen LogP contribution in [0.5, 0.6) is 0 Å². The van der Waals surface area contributed by atoms with Gasteiger partial charge in [-0.25, -0.2) is 0 Å². The molecule has 0 unspecified atom stereocenters. The smallest absolute Gasteiger partial charge is 0.256 e. The summed E-state index contributed by atoms with van der Waals surface area (Å²) in [4.78, 5) is 48.4. The Morgan fingerprint density at radius 1 is 1.12 bits per heavy atom. The summed E-state index contributed by atoms with van der Waals surface area (Å²) in [6, 6.07) is 2.55. The first-order valence-corrected chi connectivity index (χ1v) is 4.87. The van der Waals surface area contributed by atoms with Crippen LogP contribution < -0.4 is 10.9 Å². The van der Waals surface area contributed by atoms with Gasteiger partial charge in [-0.15, -0.1) is 0 Å². The Labute approximate surface area is 95.4 Å². The van der Waals surface area contributed by atoms with Gasteiger partial charge in [-0.1, -0.05) is 0 Å². The second-order valence-corrected chi connectivity index (χ2v) is 3.57. The number of piperazine rings is 1. The van der Waals surface area contributed by atoms with Gasteiger partial charge in [-0.3, -0.25) is 24.5 Å². The van der Waals surface area contributed by atoms with Gasteiger partial charge in [0.2, 0.25) is 17.4 Å². The molecule has 88 valence electrons. The molecule has 7 nitrogen and oxygen atoms in total. The maximum Gasteiger partial charge on any atom is 0.256 e. The van der Waals surface area contributed by atoms with Crippen LogP contribution in [-0.4, -0.2) is 40.7 Å². The van der Waals surface area contributed by atoms with Crippen LogP contribution in [0.25, 0.3) is 0 Å². The average Bonchev–Trinajstić information content (AvgIpc) is 2.28. The number of hydrogen-bond acceptors (Lipinski definition) is 4. The maximum atomic E-state index is 11.9. The van der Waals surface area contributed by atoms with E-state index in [1.54, 1.807) is 0 Å². The lowest BCUT2D eigenvalue weighted by Gasteiger charge is -2.25. The Kier molecular flexibility index (Phi) is 2.73. The monoisotopic (exact) mass is 235 g/mol. The molecule has 1 aliphatic heterocycles. The van der Waals surface area contributed by atoms with Crippen molar-refractivity contribution in [3.8, 4) is 0 Å². The Morgan fingerprint density at radius 2 is 1.76 bits per heavy atom. The van der Waals surface area contributed by atoms with Crippen LogP contribution in [0.3, 0.4) is 0 Å². The molecule has 0 aliphatic carbocycles. The number of imide groups is 1. The van der Waals surface area contributed by atoms with Crippen LogP contribution in [-0.2, 0) is 9.59 Å². The highest BCUT2D eigenvalue weighted by molar-refractivity contribution is 6.05. The minimum atomic E-state index is -0.515. The predicted molar refractivity (Wildman–Crippen MR) is 56.1 cm³/mol. The van der Waals surface area contributed by atoms with Gasteiger partial charge in [0, 0.05) is 12.3 Å². The molecule has 1 aromatic rings. The molecule has 2 rings (SSSR count). The van der Waals surface area contributed by atoms with Crippen molar-refractivity contribution < 1.29 is 14.4 Å². The van der Waals surface area contributed by atoms with Crippen molar-refractivity contribution in [1.82, 2.24) is 15.2 Å². The zero-order valence-electron chi connectivity index (χ0n) is 8.73. The number of carbonyl (C=O) groups excluding carboxylic acids is 3. The van der Waals surface area contributed by atoms with E-state index in [9.17, 15) is 19.2 Å². The van der Waals surface area contributed by atoms with Crippen molar-refractivity contribution >= 4 is 17.7 Å². The predicted octanol–water partition coefficient (Wildman–Crippen LogP) is -1.53. The van der Waals surface area contributed by atoms with Gasteiger partial charge in [0.1, 0.15) is 13.1 Å². The summed E-state index contributed by atoms with van der Waals surface area (Å²) in [6.07, 6.45) is 1.25. The Hall–Kier alpha value is -2.44. The number of aromatic amines is 1. The van der Waals surface area contributed by atoms with Gasteiger partial charge in [0.15, 0.2) is 0 Å². The van der Waals surface area contributed by atoms with Crippen LogP contribution in [0.15, 0.2) is 23.1 Å². The van der Waals surface area contributed by atoms with Crippen molar-refractivity contribution in [2.45, 2.75) is 0 Å². The summed E-state index contributed by atoms with van der Waals surface area (Å²) in [6.45, 7) is -0.326. The summed E-state index contributed by atoms with van der Waals surface area (Å²) in [5, 5.41) is 2.10. The Balaban J connectivity index is 2.19. The standard InChI is InChI=1S/C10H9N3O4/c14-7-2-1-6(3-11-7)10(17)13-4-8(15)12-9(16)5-13/h1-3H,4-5H2,(H,11,14)(H,12,15,16). The molecular formula is C10H9N3O4. The zero-order valence-corrected chi connectivity index (χ0v) is 8.73. The van der Waals surface area contributed by atoms with Crippen LogP contribution in [0.4, 0.5) is 0 Å². The molecule has 7 heteroatoms. The fourth-order valence-corrected chi connectivity index (χ4v) is 1.51. The lowest BCUT2D eigenvalue weighted by molar-refractivity contribution is -0.135. The number of H-pyrrole nitrogens is 1. The third-order valence-corrected chi connectivity index (χ3v) is 2.27. The lowest BCUT2D eigenvalue weighted by Crippen LogP contribution is -2.53. The van der Waals surface area contributed by atoms with Gasteiger partial charge < -0.3 is 9.88 Å². The van der Waals surface area contributed by atoms with Crippen molar-refractivity contribution in [2.75, 3.05) is 13.1 Å². The summed E-state index contributed by atoms with van der Waals surface area (Å²) in [7, 11) is 0. The SMILES string of the molecule is O=C1CN(C(=O)c2ccc(=O)[nH]c2)CC(=O)N1. The highest BCUT2D eigenvalue weighted by Crippen LogP contribution is 2.03. The van der Waals surface area contributed by atoms with Crippen LogP contribution >= 0.6 is 0 Å². The minimum Gasteiger partial charge on any atom is -0.328 e. The van der Waals surface area contributed by atoms with Gasteiger partial charge in [-0.05, 0) is 6.07 Å². The van der Waals surface area contributed by atoms with E-state index in [0.29, 0.717) is 0 Å². The molecule has 2 heterocycles. The van der Waals surface area contributed by atoms with Crippen molar-refractivity contribution in [2.24, 2.45) is 0 Å². The number of pyridine rings is 1. The van der Waals surface area contributed by atoms with E-state index in [1.807, 2.05) is 0 Å². The normalized spacial score (nSPS) is 15.6. The first-order chi connectivity index (χ1) is 8.06. The summed E-state index contributed by atoms with van der Waals surface area (Å²) >= 11 is 0. The second-order valence-electron chi connectivity index (χ2n) is 3.57. The molecule has 0 atom stereocenters. The second kappa shape index (κ2) is 4.20. The number of amides is 3. The first kappa shape index (κ1) is 11.1. The molecule has 2 N–H and O–H groups in total. The Morgan fingerprint density at radius 3 is 2.29 bits per heavy atom. The van der Waals surface area contributed by atoms with Crippen molar-refractivity contribution in [3.05, 3.63) is 34.2 Å². The van der Waals surface area contributed by atoms with Crippen LogP contribution in [0.2, 0.25) is 0 Å². The number of aromatic nitrogens is 1. The summed E-state index contributed by atoms with van der Waals surface area (Å²) < 4.78 is 0. The molecule has 1 aliphatic rings. The van der Waals surface area contributed by atoms with E-state index >= 15 is 0 Å². The third kappa shape index (κ3) is 2.39. The van der Waals surface area contributed by atoms with E-state index in [1.165, 1.54) is 18.3 Å². The van der Waals surface area contributed by atoms with E-state index < -0.39 is 17.7 Å². The van der Waals surface area contributed by atoms with Gasteiger partial charge >= 0.3 is 0 Å². The van der Waals surface area contributed by atoms with Crippen molar-refractivity contribution in [1.29, 1.82) is 0 Å².